The summed E-state index contributed by atoms with van der Waals surface area (Å²) in [6.07, 6.45) is -3.55. The zero-order valence-corrected chi connectivity index (χ0v) is 18.7. The summed E-state index contributed by atoms with van der Waals surface area (Å²) >= 11 is 5.91. The number of nitrogens with zero attached hydrogens (tertiary/aromatic N) is 2. The van der Waals surface area contributed by atoms with E-state index in [1.165, 1.54) is 30.1 Å². The summed E-state index contributed by atoms with van der Waals surface area (Å²) < 4.78 is 66.8. The van der Waals surface area contributed by atoms with Crippen molar-refractivity contribution in [3.63, 3.8) is 0 Å². The Hall–Kier alpha value is -1.08. The molecular weight excluding hydrogens is 534 g/mol. The van der Waals surface area contributed by atoms with Gasteiger partial charge in [-0.2, -0.15) is 22.0 Å². The Morgan fingerprint density at radius 1 is 1.34 bits per heavy atom. The molecule has 1 saturated heterocycles. The summed E-state index contributed by atoms with van der Waals surface area (Å²) in [5.41, 5.74) is 0.424. The molecule has 1 aliphatic heterocycles. The first kappa shape index (κ1) is 26.0. The van der Waals surface area contributed by atoms with Crippen molar-refractivity contribution in [1.29, 1.82) is 0 Å². The summed E-state index contributed by atoms with van der Waals surface area (Å²) in [6.45, 7) is -2.53. The summed E-state index contributed by atoms with van der Waals surface area (Å²) in [7, 11) is 1.54. The van der Waals surface area contributed by atoms with Crippen LogP contribution in [0, 0.1) is 5.92 Å². The van der Waals surface area contributed by atoms with Crippen LogP contribution in [0.2, 0.25) is 5.02 Å². The Morgan fingerprint density at radius 2 is 2.07 bits per heavy atom. The van der Waals surface area contributed by atoms with Gasteiger partial charge in [0.15, 0.2) is 5.96 Å². The molecule has 0 bridgehead atoms. The summed E-state index contributed by atoms with van der Waals surface area (Å²) in [5, 5.41) is 6.38. The lowest BCUT2D eigenvalue weighted by molar-refractivity contribution is -0.143. The fraction of sp³-hybridized carbons (Fsp3) is 0.588. The van der Waals surface area contributed by atoms with Crippen molar-refractivity contribution < 1.29 is 26.7 Å². The van der Waals surface area contributed by atoms with Crippen molar-refractivity contribution in [3.05, 3.63) is 28.8 Å². The molecule has 5 nitrogen and oxygen atoms in total. The monoisotopic (exact) mass is 556 g/mol. The van der Waals surface area contributed by atoms with Gasteiger partial charge in [-0.05, 0) is 37.1 Å². The van der Waals surface area contributed by atoms with E-state index < -0.39 is 19.3 Å². The van der Waals surface area contributed by atoms with Crippen LogP contribution in [-0.4, -0.2) is 56.9 Å². The second kappa shape index (κ2) is 11.9. The maximum atomic E-state index is 12.5. The normalized spacial score (nSPS) is 17.9. The Morgan fingerprint density at radius 3 is 2.69 bits per heavy atom. The third-order valence-electron chi connectivity index (χ3n) is 4.24. The van der Waals surface area contributed by atoms with E-state index in [-0.39, 0.29) is 42.2 Å². The second-order valence-corrected chi connectivity index (χ2v) is 6.88. The number of halogens is 7. The van der Waals surface area contributed by atoms with Gasteiger partial charge in [0, 0.05) is 37.3 Å². The molecule has 0 aromatic heterocycles. The maximum Gasteiger partial charge on any atom is 0.401 e. The molecule has 0 saturated carbocycles. The number of ether oxygens (including phenoxy) is 1. The standard InChI is InChI=1S/C17H22ClF5N4O.HI/c1-24-16(25-7-11-4-5-27(9-11)10-17(21,22)23)26-8-12-6-13(18)2-3-14(12)28-15(19)20;/h2-3,6,11,15H,4-5,7-10H2,1H3,(H2,24,25,26);1H. The van der Waals surface area contributed by atoms with Crippen molar-refractivity contribution in [2.24, 2.45) is 10.9 Å². The van der Waals surface area contributed by atoms with Crippen LogP contribution in [0.4, 0.5) is 22.0 Å². The molecule has 1 unspecified atom stereocenters. The number of benzene rings is 1. The van der Waals surface area contributed by atoms with Crippen LogP contribution in [-0.2, 0) is 6.54 Å². The number of hydrogen-bond acceptors (Lipinski definition) is 3. The number of nitrogens with one attached hydrogen (secondary N) is 2. The third kappa shape index (κ3) is 9.51. The van der Waals surface area contributed by atoms with Gasteiger partial charge in [-0.1, -0.05) is 11.6 Å². The molecule has 0 amide bonds. The fourth-order valence-electron chi connectivity index (χ4n) is 3.01. The van der Waals surface area contributed by atoms with Crippen LogP contribution in [0.3, 0.4) is 0 Å². The molecule has 1 fully saturated rings. The molecule has 1 aliphatic rings. The lowest BCUT2D eigenvalue weighted by Crippen LogP contribution is -2.40. The van der Waals surface area contributed by atoms with E-state index in [0.717, 1.165) is 0 Å². The molecule has 29 heavy (non-hydrogen) atoms. The van der Waals surface area contributed by atoms with E-state index in [1.54, 1.807) is 0 Å². The number of hydrogen-bond donors (Lipinski definition) is 2. The lowest BCUT2D eigenvalue weighted by Gasteiger charge is -2.19. The minimum absolute atomic E-state index is 0. The molecule has 1 atom stereocenters. The van der Waals surface area contributed by atoms with Crippen molar-refractivity contribution in [2.45, 2.75) is 25.8 Å². The highest BCUT2D eigenvalue weighted by Crippen LogP contribution is 2.25. The molecule has 0 radical (unpaired) electrons. The van der Waals surface area contributed by atoms with E-state index in [1.807, 2.05) is 0 Å². The van der Waals surface area contributed by atoms with Gasteiger partial charge in [-0.15, -0.1) is 24.0 Å². The summed E-state index contributed by atoms with van der Waals surface area (Å²) in [4.78, 5) is 5.41. The van der Waals surface area contributed by atoms with Gasteiger partial charge in [0.05, 0.1) is 6.54 Å². The SMILES string of the molecule is CN=C(NCc1cc(Cl)ccc1OC(F)F)NCC1CCN(CC(F)(F)F)C1.I. The molecule has 1 aromatic carbocycles. The fourth-order valence-corrected chi connectivity index (χ4v) is 3.21. The molecule has 1 aromatic rings. The Labute approximate surface area is 188 Å². The molecule has 0 aliphatic carbocycles. The Balaban J connectivity index is 0.00000420. The van der Waals surface area contributed by atoms with Crippen LogP contribution < -0.4 is 15.4 Å². The second-order valence-electron chi connectivity index (χ2n) is 6.44. The highest BCUT2D eigenvalue weighted by atomic mass is 127. The average Bonchev–Trinajstić information content (AvgIpc) is 3.02. The zero-order valence-electron chi connectivity index (χ0n) is 15.6. The van der Waals surface area contributed by atoms with E-state index in [9.17, 15) is 22.0 Å². The summed E-state index contributed by atoms with van der Waals surface area (Å²) in [6, 6.07) is 4.31. The van der Waals surface area contributed by atoms with Gasteiger partial charge < -0.3 is 15.4 Å². The van der Waals surface area contributed by atoms with Crippen LogP contribution >= 0.6 is 35.6 Å². The van der Waals surface area contributed by atoms with Crippen molar-refractivity contribution >= 4 is 41.5 Å². The molecular formula is C17H23ClF5IN4O. The topological polar surface area (TPSA) is 48.9 Å². The van der Waals surface area contributed by atoms with E-state index >= 15 is 0 Å². The van der Waals surface area contributed by atoms with Gasteiger partial charge in [0.1, 0.15) is 5.75 Å². The maximum absolute atomic E-state index is 12.5. The van der Waals surface area contributed by atoms with Gasteiger partial charge in [0.2, 0.25) is 0 Å². The molecule has 0 spiro atoms. The number of alkyl halides is 5. The van der Waals surface area contributed by atoms with Crippen LogP contribution in [0.15, 0.2) is 23.2 Å². The van der Waals surface area contributed by atoms with E-state index in [2.05, 4.69) is 20.4 Å². The number of likely N-dealkylation sites (tertiary alicyclic amines) is 1. The molecule has 1 heterocycles. The van der Waals surface area contributed by atoms with Gasteiger partial charge >= 0.3 is 12.8 Å². The van der Waals surface area contributed by atoms with Crippen LogP contribution in [0.5, 0.6) is 5.75 Å². The van der Waals surface area contributed by atoms with Gasteiger partial charge in [-0.25, -0.2) is 0 Å². The van der Waals surface area contributed by atoms with Crippen molar-refractivity contribution in [1.82, 2.24) is 15.5 Å². The largest absolute Gasteiger partial charge is 0.434 e. The van der Waals surface area contributed by atoms with Crippen molar-refractivity contribution in [2.75, 3.05) is 33.2 Å². The minimum Gasteiger partial charge on any atom is -0.434 e. The van der Waals surface area contributed by atoms with Gasteiger partial charge in [-0.3, -0.25) is 9.89 Å². The first-order valence-corrected chi connectivity index (χ1v) is 9.01. The van der Waals surface area contributed by atoms with Crippen molar-refractivity contribution in [3.8, 4) is 5.75 Å². The Kier molecular flexibility index (Phi) is 10.7. The van der Waals surface area contributed by atoms with E-state index in [0.29, 0.717) is 42.6 Å². The predicted octanol–water partition coefficient (Wildman–Crippen LogP) is 4.11. The first-order chi connectivity index (χ1) is 13.2. The smallest absolute Gasteiger partial charge is 0.401 e. The quantitative estimate of drug-likeness (QED) is 0.230. The molecule has 2 N–H and O–H groups in total. The number of guanidine groups is 1. The molecule has 12 heteroatoms. The highest BCUT2D eigenvalue weighted by molar-refractivity contribution is 14.0. The van der Waals surface area contributed by atoms with Gasteiger partial charge in [0.25, 0.3) is 0 Å². The Bertz CT molecular complexity index is 678. The average molecular weight is 557 g/mol. The summed E-state index contributed by atoms with van der Waals surface area (Å²) in [5.74, 6) is 0.461. The lowest BCUT2D eigenvalue weighted by atomic mass is 10.1. The van der Waals surface area contributed by atoms with E-state index in [4.69, 9.17) is 11.6 Å². The number of rotatable bonds is 7. The molecule has 166 valence electrons. The van der Waals surface area contributed by atoms with Crippen LogP contribution in [0.25, 0.3) is 0 Å². The first-order valence-electron chi connectivity index (χ1n) is 8.63. The zero-order chi connectivity index (χ0) is 20.7. The highest BCUT2D eigenvalue weighted by Gasteiger charge is 2.34. The third-order valence-corrected chi connectivity index (χ3v) is 4.47. The molecule has 2 rings (SSSR count). The van der Waals surface area contributed by atoms with Crippen LogP contribution in [0.1, 0.15) is 12.0 Å². The predicted molar refractivity (Wildman–Crippen MR) is 112 cm³/mol. The minimum atomic E-state index is -4.20. The number of aliphatic imine (C=N–C) groups is 1.